The summed E-state index contributed by atoms with van der Waals surface area (Å²) in [6, 6.07) is 18.3. The Morgan fingerprint density at radius 1 is 0.714 bits per heavy atom. The van der Waals surface area contributed by atoms with E-state index in [0.29, 0.717) is 39.1 Å². The number of benzene rings is 3. The van der Waals surface area contributed by atoms with Gasteiger partial charge in [0.15, 0.2) is 0 Å². The molecule has 172 valence electrons. The standard InChI is InChI=1S/C26H17N3O6/c30-23(31)13-5-16-1-7-18(8-2-16)25-26(19-9-3-17(4-10-19)6-14-24(32)33)28-22-15-20(29(34)35)11-12-21(22)27-25/h1-15H,(H,30,31)(H,32,33)/b13-5+,14-6+. The minimum Gasteiger partial charge on any atom is -0.478 e. The van der Waals surface area contributed by atoms with E-state index in [1.165, 1.54) is 30.4 Å². The molecule has 35 heavy (non-hydrogen) atoms. The van der Waals surface area contributed by atoms with E-state index in [9.17, 15) is 19.7 Å². The van der Waals surface area contributed by atoms with Crippen LogP contribution in [0.25, 0.3) is 45.7 Å². The Bertz CT molecular complexity index is 1510. The first kappa shape index (κ1) is 23.0. The van der Waals surface area contributed by atoms with Crippen molar-refractivity contribution in [1.29, 1.82) is 0 Å². The second-order valence-corrected chi connectivity index (χ2v) is 7.44. The highest BCUT2D eigenvalue weighted by Gasteiger charge is 2.15. The van der Waals surface area contributed by atoms with Crippen LogP contribution in [0.4, 0.5) is 5.69 Å². The summed E-state index contributed by atoms with van der Waals surface area (Å²) in [7, 11) is 0. The molecular formula is C26H17N3O6. The molecule has 0 fully saturated rings. The zero-order valence-corrected chi connectivity index (χ0v) is 18.0. The molecule has 0 bridgehead atoms. The topological polar surface area (TPSA) is 144 Å². The number of nitro groups is 1. The summed E-state index contributed by atoms with van der Waals surface area (Å²) in [5.41, 5.74) is 4.52. The molecule has 0 radical (unpaired) electrons. The number of carbonyl (C=O) groups is 2. The zero-order chi connectivity index (χ0) is 24.9. The summed E-state index contributed by atoms with van der Waals surface area (Å²) in [4.78, 5) is 41.7. The largest absolute Gasteiger partial charge is 0.478 e. The molecule has 0 spiro atoms. The van der Waals surface area contributed by atoms with Crippen LogP contribution in [0.1, 0.15) is 11.1 Å². The van der Waals surface area contributed by atoms with Gasteiger partial charge in [-0.1, -0.05) is 48.5 Å². The summed E-state index contributed by atoms with van der Waals surface area (Å²) < 4.78 is 0. The highest BCUT2D eigenvalue weighted by atomic mass is 16.6. The number of carboxylic acid groups (broad SMARTS) is 2. The van der Waals surface area contributed by atoms with E-state index in [0.717, 1.165) is 17.7 Å². The molecule has 0 saturated heterocycles. The Balaban J connectivity index is 1.84. The van der Waals surface area contributed by atoms with Crippen molar-refractivity contribution in [2.24, 2.45) is 0 Å². The van der Waals surface area contributed by atoms with Crippen molar-refractivity contribution in [3.05, 3.63) is 100 Å². The van der Waals surface area contributed by atoms with E-state index < -0.39 is 16.9 Å². The fraction of sp³-hybridized carbons (Fsp3) is 0. The predicted molar refractivity (Wildman–Crippen MR) is 130 cm³/mol. The van der Waals surface area contributed by atoms with Crippen LogP contribution in [0, 0.1) is 10.1 Å². The molecule has 0 saturated carbocycles. The Labute approximate surface area is 198 Å². The number of aliphatic carboxylic acids is 2. The van der Waals surface area contributed by atoms with Crippen LogP contribution >= 0.6 is 0 Å². The van der Waals surface area contributed by atoms with Crippen molar-refractivity contribution in [3.8, 4) is 22.5 Å². The number of aromatic nitrogens is 2. The Morgan fingerprint density at radius 3 is 1.60 bits per heavy atom. The lowest BCUT2D eigenvalue weighted by atomic mass is 10.0. The van der Waals surface area contributed by atoms with Crippen LogP contribution in [0.2, 0.25) is 0 Å². The Kier molecular flexibility index (Phi) is 6.41. The van der Waals surface area contributed by atoms with E-state index in [4.69, 9.17) is 15.2 Å². The molecule has 3 aromatic carbocycles. The molecule has 0 aliphatic carbocycles. The fourth-order valence-corrected chi connectivity index (χ4v) is 3.40. The molecule has 4 rings (SSSR count). The lowest BCUT2D eigenvalue weighted by molar-refractivity contribution is -0.384. The van der Waals surface area contributed by atoms with Gasteiger partial charge in [-0.25, -0.2) is 19.6 Å². The van der Waals surface area contributed by atoms with Crippen LogP contribution in [0.15, 0.2) is 78.9 Å². The molecule has 9 nitrogen and oxygen atoms in total. The van der Waals surface area contributed by atoms with Crippen LogP contribution in [0.3, 0.4) is 0 Å². The molecule has 0 aliphatic rings. The monoisotopic (exact) mass is 467 g/mol. The molecule has 1 aromatic heterocycles. The van der Waals surface area contributed by atoms with Crippen molar-refractivity contribution in [2.45, 2.75) is 0 Å². The quantitative estimate of drug-likeness (QED) is 0.218. The molecule has 0 unspecified atom stereocenters. The minimum atomic E-state index is -1.06. The van der Waals surface area contributed by atoms with Crippen molar-refractivity contribution >= 4 is 40.8 Å². The van der Waals surface area contributed by atoms with Crippen molar-refractivity contribution in [1.82, 2.24) is 9.97 Å². The van der Waals surface area contributed by atoms with E-state index in [1.54, 1.807) is 48.5 Å². The predicted octanol–water partition coefficient (Wildman–Crippen LogP) is 5.07. The average molecular weight is 467 g/mol. The van der Waals surface area contributed by atoms with Gasteiger partial charge in [-0.3, -0.25) is 10.1 Å². The van der Waals surface area contributed by atoms with Gasteiger partial charge < -0.3 is 10.2 Å². The summed E-state index contributed by atoms with van der Waals surface area (Å²) in [6.45, 7) is 0. The molecule has 9 heteroatoms. The lowest BCUT2D eigenvalue weighted by Gasteiger charge is -2.11. The maximum Gasteiger partial charge on any atom is 0.328 e. The van der Waals surface area contributed by atoms with Crippen LogP contribution < -0.4 is 0 Å². The third-order valence-corrected chi connectivity index (χ3v) is 5.06. The summed E-state index contributed by atoms with van der Waals surface area (Å²) in [5.74, 6) is -2.10. The van der Waals surface area contributed by atoms with Gasteiger partial charge in [0.2, 0.25) is 0 Å². The first-order valence-electron chi connectivity index (χ1n) is 10.3. The second-order valence-electron chi connectivity index (χ2n) is 7.44. The van der Waals surface area contributed by atoms with Gasteiger partial charge in [0.1, 0.15) is 0 Å². The highest BCUT2D eigenvalue weighted by molar-refractivity contribution is 5.89. The average Bonchev–Trinajstić information content (AvgIpc) is 2.85. The van der Waals surface area contributed by atoms with E-state index in [2.05, 4.69) is 4.98 Å². The van der Waals surface area contributed by atoms with Crippen LogP contribution in [-0.4, -0.2) is 37.0 Å². The summed E-state index contributed by atoms with van der Waals surface area (Å²) in [6.07, 6.45) is 5.02. The van der Waals surface area contributed by atoms with Gasteiger partial charge in [0.05, 0.1) is 27.3 Å². The van der Waals surface area contributed by atoms with Gasteiger partial charge in [0, 0.05) is 35.4 Å². The molecule has 4 aromatic rings. The molecular weight excluding hydrogens is 450 g/mol. The zero-order valence-electron chi connectivity index (χ0n) is 18.0. The van der Waals surface area contributed by atoms with Crippen LogP contribution in [-0.2, 0) is 9.59 Å². The minimum absolute atomic E-state index is 0.103. The molecule has 0 aliphatic heterocycles. The number of rotatable bonds is 7. The normalized spacial score (nSPS) is 11.3. The molecule has 1 heterocycles. The number of hydrogen-bond acceptors (Lipinski definition) is 6. The molecule has 0 amide bonds. The van der Waals surface area contributed by atoms with Crippen LogP contribution in [0.5, 0.6) is 0 Å². The number of nitrogens with zero attached hydrogens (tertiary/aromatic N) is 3. The van der Waals surface area contributed by atoms with E-state index in [-0.39, 0.29) is 5.69 Å². The van der Waals surface area contributed by atoms with E-state index >= 15 is 0 Å². The maximum absolute atomic E-state index is 11.2. The number of non-ortho nitro benzene ring substituents is 1. The highest BCUT2D eigenvalue weighted by Crippen LogP contribution is 2.32. The third-order valence-electron chi connectivity index (χ3n) is 5.06. The first-order valence-corrected chi connectivity index (χ1v) is 10.3. The number of hydrogen-bond donors (Lipinski definition) is 2. The van der Waals surface area contributed by atoms with Crippen molar-refractivity contribution in [3.63, 3.8) is 0 Å². The lowest BCUT2D eigenvalue weighted by Crippen LogP contribution is -1.97. The maximum atomic E-state index is 11.2. The van der Waals surface area contributed by atoms with Gasteiger partial charge in [-0.15, -0.1) is 0 Å². The van der Waals surface area contributed by atoms with Gasteiger partial charge in [-0.2, -0.15) is 0 Å². The molecule has 0 atom stereocenters. The first-order chi connectivity index (χ1) is 16.8. The smallest absolute Gasteiger partial charge is 0.328 e. The summed E-state index contributed by atoms with van der Waals surface area (Å²) in [5, 5.41) is 28.9. The van der Waals surface area contributed by atoms with Crippen molar-refractivity contribution in [2.75, 3.05) is 0 Å². The number of fused-ring (bicyclic) bond motifs is 1. The van der Waals surface area contributed by atoms with Crippen molar-refractivity contribution < 1.29 is 24.7 Å². The second kappa shape index (κ2) is 9.75. The Hall–Kier alpha value is -5.18. The van der Waals surface area contributed by atoms with E-state index in [1.807, 2.05) is 0 Å². The third kappa shape index (κ3) is 5.42. The van der Waals surface area contributed by atoms with Gasteiger partial charge >= 0.3 is 11.9 Å². The number of carboxylic acids is 2. The fourth-order valence-electron chi connectivity index (χ4n) is 3.40. The summed E-state index contributed by atoms with van der Waals surface area (Å²) >= 11 is 0. The SMILES string of the molecule is O=C(O)/C=C/c1ccc(-c2nc3ccc([N+](=O)[O-])cc3nc2-c2ccc(/C=C/C(=O)O)cc2)cc1. The molecule has 2 N–H and O–H groups in total. The number of nitro benzene ring substituents is 1. The van der Waals surface area contributed by atoms with Gasteiger partial charge in [0.25, 0.3) is 5.69 Å². The Morgan fingerprint density at radius 2 is 1.17 bits per heavy atom. The van der Waals surface area contributed by atoms with Gasteiger partial charge in [-0.05, 0) is 29.3 Å².